The van der Waals surface area contributed by atoms with Gasteiger partial charge in [-0.3, -0.25) is 0 Å². The number of hydrogen-bond acceptors (Lipinski definition) is 2. The lowest BCUT2D eigenvalue weighted by molar-refractivity contribution is 0.418. The van der Waals surface area contributed by atoms with Gasteiger partial charge in [-0.05, 0) is 45.0 Å². The molecule has 0 unspecified atom stereocenters. The lowest BCUT2D eigenvalue weighted by atomic mass is 10.1. The first-order chi connectivity index (χ1) is 7.94. The molecule has 2 rings (SSSR count). The second-order valence-electron chi connectivity index (χ2n) is 5.32. The van der Waals surface area contributed by atoms with Crippen LogP contribution in [0.1, 0.15) is 26.5 Å². The van der Waals surface area contributed by atoms with Crippen molar-refractivity contribution in [3.8, 4) is 0 Å². The summed E-state index contributed by atoms with van der Waals surface area (Å²) < 4.78 is 5.74. The molecule has 1 aromatic carbocycles. The molecular weight excluding hydrogens is 234 g/mol. The summed E-state index contributed by atoms with van der Waals surface area (Å²) in [5.41, 5.74) is 1.05. The number of fused-ring (bicyclic) bond motifs is 1. The van der Waals surface area contributed by atoms with E-state index in [1.807, 2.05) is 18.2 Å². The Hall–Kier alpha value is -0.990. The number of furan rings is 1. The highest BCUT2D eigenvalue weighted by Gasteiger charge is 2.09. The van der Waals surface area contributed by atoms with Crippen molar-refractivity contribution in [2.45, 2.75) is 32.7 Å². The van der Waals surface area contributed by atoms with Crippen LogP contribution in [0.15, 0.2) is 28.7 Å². The normalized spacial score (nSPS) is 12.2. The van der Waals surface area contributed by atoms with Gasteiger partial charge in [-0.15, -0.1) is 0 Å². The molecule has 92 valence electrons. The van der Waals surface area contributed by atoms with Gasteiger partial charge < -0.3 is 9.73 Å². The van der Waals surface area contributed by atoms with E-state index in [1.165, 1.54) is 0 Å². The Balaban J connectivity index is 2.05. The maximum absolute atomic E-state index is 5.94. The summed E-state index contributed by atoms with van der Waals surface area (Å²) in [6.45, 7) is 7.39. The fraction of sp³-hybridized carbons (Fsp3) is 0.429. The van der Waals surface area contributed by atoms with E-state index in [0.29, 0.717) is 0 Å². The highest BCUT2D eigenvalue weighted by molar-refractivity contribution is 6.31. The molecule has 0 saturated carbocycles. The molecule has 0 spiro atoms. The summed E-state index contributed by atoms with van der Waals surface area (Å²) >= 11 is 5.94. The topological polar surface area (TPSA) is 25.2 Å². The van der Waals surface area contributed by atoms with Crippen LogP contribution in [-0.4, -0.2) is 12.1 Å². The molecule has 1 aromatic heterocycles. The molecule has 3 heteroatoms. The van der Waals surface area contributed by atoms with Crippen LogP contribution in [0, 0.1) is 0 Å². The van der Waals surface area contributed by atoms with Crippen LogP contribution < -0.4 is 5.32 Å². The smallest absolute Gasteiger partial charge is 0.134 e. The van der Waals surface area contributed by atoms with E-state index in [2.05, 4.69) is 32.2 Å². The molecule has 2 nitrogen and oxygen atoms in total. The van der Waals surface area contributed by atoms with Crippen LogP contribution in [0.4, 0.5) is 0 Å². The summed E-state index contributed by atoms with van der Waals surface area (Å²) in [5, 5.41) is 5.26. The lowest BCUT2D eigenvalue weighted by Crippen LogP contribution is -2.37. The van der Waals surface area contributed by atoms with Crippen LogP contribution in [0.25, 0.3) is 11.0 Å². The van der Waals surface area contributed by atoms with Crippen molar-refractivity contribution < 1.29 is 4.42 Å². The van der Waals surface area contributed by atoms with Gasteiger partial charge in [0.1, 0.15) is 11.3 Å². The largest absolute Gasteiger partial charge is 0.461 e. The SMILES string of the molecule is CC(C)(C)NCCc1cc2cc(Cl)ccc2o1. The van der Waals surface area contributed by atoms with E-state index in [-0.39, 0.29) is 5.54 Å². The van der Waals surface area contributed by atoms with Crippen LogP contribution in [-0.2, 0) is 6.42 Å². The van der Waals surface area contributed by atoms with Gasteiger partial charge in [0, 0.05) is 28.9 Å². The Morgan fingerprint density at radius 3 is 2.71 bits per heavy atom. The van der Waals surface area contributed by atoms with E-state index in [0.717, 1.165) is 34.7 Å². The number of halogens is 1. The molecule has 0 fully saturated rings. The van der Waals surface area contributed by atoms with E-state index >= 15 is 0 Å². The molecule has 0 saturated heterocycles. The fourth-order valence-corrected chi connectivity index (χ4v) is 1.93. The highest BCUT2D eigenvalue weighted by Crippen LogP contribution is 2.23. The Morgan fingerprint density at radius 1 is 1.24 bits per heavy atom. The Bertz CT molecular complexity index is 510. The van der Waals surface area contributed by atoms with E-state index < -0.39 is 0 Å². The van der Waals surface area contributed by atoms with Gasteiger partial charge in [0.15, 0.2) is 0 Å². The van der Waals surface area contributed by atoms with Gasteiger partial charge in [-0.2, -0.15) is 0 Å². The van der Waals surface area contributed by atoms with Crippen molar-refractivity contribution >= 4 is 22.6 Å². The fourth-order valence-electron chi connectivity index (χ4n) is 1.75. The number of benzene rings is 1. The third-order valence-electron chi connectivity index (χ3n) is 2.56. The van der Waals surface area contributed by atoms with Crippen LogP contribution in [0.2, 0.25) is 5.02 Å². The summed E-state index contributed by atoms with van der Waals surface area (Å²) in [5.74, 6) is 0.999. The van der Waals surface area contributed by atoms with Crippen molar-refractivity contribution in [3.05, 3.63) is 35.0 Å². The average Bonchev–Trinajstić information content (AvgIpc) is 2.57. The van der Waals surface area contributed by atoms with Crippen LogP contribution >= 0.6 is 11.6 Å². The maximum atomic E-state index is 5.94. The Morgan fingerprint density at radius 2 is 2.00 bits per heavy atom. The zero-order chi connectivity index (χ0) is 12.5. The molecular formula is C14H18ClNO. The summed E-state index contributed by atoms with van der Waals surface area (Å²) in [6, 6.07) is 7.76. The van der Waals surface area contributed by atoms with Gasteiger partial charge in [0.2, 0.25) is 0 Å². The minimum absolute atomic E-state index is 0.148. The molecule has 0 aliphatic rings. The standard InChI is InChI=1S/C14H18ClNO/c1-14(2,3)16-7-6-12-9-10-8-11(15)4-5-13(10)17-12/h4-5,8-9,16H,6-7H2,1-3H3. The zero-order valence-electron chi connectivity index (χ0n) is 10.5. The minimum atomic E-state index is 0.148. The number of nitrogens with one attached hydrogen (secondary N) is 1. The van der Waals surface area contributed by atoms with Crippen LogP contribution in [0.5, 0.6) is 0 Å². The molecule has 1 heterocycles. The summed E-state index contributed by atoms with van der Waals surface area (Å²) in [4.78, 5) is 0. The van der Waals surface area contributed by atoms with Crippen LogP contribution in [0.3, 0.4) is 0 Å². The molecule has 1 N–H and O–H groups in total. The first kappa shape index (κ1) is 12.5. The van der Waals surface area contributed by atoms with Crippen molar-refractivity contribution in [1.82, 2.24) is 5.32 Å². The molecule has 0 atom stereocenters. The third kappa shape index (κ3) is 3.48. The maximum Gasteiger partial charge on any atom is 0.134 e. The van der Waals surface area contributed by atoms with E-state index in [1.54, 1.807) is 0 Å². The summed E-state index contributed by atoms with van der Waals surface area (Å²) in [7, 11) is 0. The predicted octanol–water partition coefficient (Wildman–Crippen LogP) is 4.02. The molecule has 0 amide bonds. The second-order valence-corrected chi connectivity index (χ2v) is 5.76. The Kier molecular flexibility index (Phi) is 3.45. The second kappa shape index (κ2) is 4.71. The minimum Gasteiger partial charge on any atom is -0.461 e. The van der Waals surface area contributed by atoms with Gasteiger partial charge >= 0.3 is 0 Å². The van der Waals surface area contributed by atoms with Crippen molar-refractivity contribution in [1.29, 1.82) is 0 Å². The van der Waals surface area contributed by atoms with Gasteiger partial charge in [0.05, 0.1) is 0 Å². The van der Waals surface area contributed by atoms with Gasteiger partial charge in [-0.25, -0.2) is 0 Å². The summed E-state index contributed by atoms with van der Waals surface area (Å²) in [6.07, 6.45) is 0.892. The van der Waals surface area contributed by atoms with Crippen molar-refractivity contribution in [2.24, 2.45) is 0 Å². The molecule has 0 bridgehead atoms. The zero-order valence-corrected chi connectivity index (χ0v) is 11.3. The first-order valence-electron chi connectivity index (χ1n) is 5.87. The van der Waals surface area contributed by atoms with Crippen molar-refractivity contribution in [3.63, 3.8) is 0 Å². The number of hydrogen-bond donors (Lipinski definition) is 1. The number of rotatable bonds is 3. The first-order valence-corrected chi connectivity index (χ1v) is 6.25. The molecule has 0 radical (unpaired) electrons. The monoisotopic (exact) mass is 251 g/mol. The molecule has 0 aliphatic heterocycles. The van der Waals surface area contributed by atoms with Crippen molar-refractivity contribution in [2.75, 3.05) is 6.54 Å². The third-order valence-corrected chi connectivity index (χ3v) is 2.79. The lowest BCUT2D eigenvalue weighted by Gasteiger charge is -2.19. The predicted molar refractivity (Wildman–Crippen MR) is 72.7 cm³/mol. The van der Waals surface area contributed by atoms with E-state index in [4.69, 9.17) is 16.0 Å². The molecule has 0 aliphatic carbocycles. The highest BCUT2D eigenvalue weighted by atomic mass is 35.5. The van der Waals surface area contributed by atoms with E-state index in [9.17, 15) is 0 Å². The Labute approximate surface area is 107 Å². The van der Waals surface area contributed by atoms with Gasteiger partial charge in [0.25, 0.3) is 0 Å². The molecule has 17 heavy (non-hydrogen) atoms. The average molecular weight is 252 g/mol. The van der Waals surface area contributed by atoms with Gasteiger partial charge in [-0.1, -0.05) is 11.6 Å². The molecule has 2 aromatic rings. The quantitative estimate of drug-likeness (QED) is 0.892.